The maximum atomic E-state index is 12.2. The topological polar surface area (TPSA) is 92.5 Å². The number of nitro groups is 1. The molecule has 1 amide bonds. The van der Waals surface area contributed by atoms with Gasteiger partial charge in [0.25, 0.3) is 11.7 Å². The van der Waals surface area contributed by atoms with E-state index < -0.39 is 28.0 Å². The van der Waals surface area contributed by atoms with E-state index in [9.17, 15) is 28.8 Å². The Morgan fingerprint density at radius 3 is 2.43 bits per heavy atom. The molecule has 2 rings (SSSR count). The van der Waals surface area contributed by atoms with Gasteiger partial charge in [-0.2, -0.15) is 8.78 Å². The summed E-state index contributed by atoms with van der Waals surface area (Å²) in [5.74, 6) is -3.96. The quantitative estimate of drug-likeness (QED) is 0.490. The lowest BCUT2D eigenvalue weighted by molar-refractivity contribution is -0.386. The van der Waals surface area contributed by atoms with Crippen molar-refractivity contribution in [1.82, 2.24) is 0 Å². The third kappa shape index (κ3) is 4.16. The Morgan fingerprint density at radius 2 is 1.87 bits per heavy atom. The minimum absolute atomic E-state index is 0.284. The van der Waals surface area contributed by atoms with Crippen molar-refractivity contribution in [3.8, 4) is 5.75 Å². The first-order valence-corrected chi connectivity index (χ1v) is 7.09. The molecule has 120 valence electrons. The van der Waals surface area contributed by atoms with Gasteiger partial charge in [0.05, 0.1) is 4.92 Å². The number of carbonyl (C=O) groups is 1. The van der Waals surface area contributed by atoms with Gasteiger partial charge in [0.2, 0.25) is 0 Å². The number of nitrogens with zero attached hydrogens (tertiary/aromatic N) is 1. The zero-order valence-corrected chi connectivity index (χ0v) is 12.2. The predicted octanol–water partition coefficient (Wildman–Crippen LogP) is 3.87. The van der Waals surface area contributed by atoms with Crippen LogP contribution >= 0.6 is 11.8 Å². The van der Waals surface area contributed by atoms with E-state index in [1.807, 2.05) is 0 Å². The Labute approximate surface area is 133 Å². The molecule has 2 N–H and O–H groups in total. The highest BCUT2D eigenvalue weighted by Crippen LogP contribution is 2.30. The van der Waals surface area contributed by atoms with Crippen LogP contribution in [0.1, 0.15) is 10.4 Å². The number of thioether (sulfide) groups is 1. The maximum Gasteiger partial charge on any atom is 0.323 e. The molecular formula is C14H10F2N2O4S. The van der Waals surface area contributed by atoms with Crippen molar-refractivity contribution >= 4 is 29.0 Å². The molecule has 6 nitrogen and oxygen atoms in total. The Hall–Kier alpha value is -2.68. The first kappa shape index (κ1) is 16.7. The van der Waals surface area contributed by atoms with E-state index in [0.717, 1.165) is 6.07 Å². The number of rotatable bonds is 5. The van der Waals surface area contributed by atoms with Crippen LogP contribution in [-0.2, 0) is 0 Å². The van der Waals surface area contributed by atoms with E-state index >= 15 is 0 Å². The minimum atomic E-state index is -2.55. The Morgan fingerprint density at radius 1 is 1.22 bits per heavy atom. The number of nitrogens with one attached hydrogen (secondary N) is 1. The Bertz CT molecular complexity index is 738. The van der Waals surface area contributed by atoms with Crippen LogP contribution in [0.2, 0.25) is 0 Å². The standard InChI is InChI=1S/C14H10F2N2O4S/c15-14(16)23-9-6-4-8(5-7-9)17-13(20)10-2-1-3-11(19)12(10)18(21)22/h1-7,14,19H,(H,17,20). The van der Waals surface area contributed by atoms with Crippen molar-refractivity contribution in [3.63, 3.8) is 0 Å². The number of para-hydroxylation sites is 1. The summed E-state index contributed by atoms with van der Waals surface area (Å²) in [6.07, 6.45) is 0. The monoisotopic (exact) mass is 340 g/mol. The van der Waals surface area contributed by atoms with Gasteiger partial charge in [-0.1, -0.05) is 17.8 Å². The maximum absolute atomic E-state index is 12.2. The van der Waals surface area contributed by atoms with E-state index in [2.05, 4.69) is 5.32 Å². The van der Waals surface area contributed by atoms with E-state index in [-0.39, 0.29) is 11.3 Å². The predicted molar refractivity (Wildman–Crippen MR) is 81.0 cm³/mol. The Kier molecular flexibility index (Phi) is 5.12. The van der Waals surface area contributed by atoms with Crippen LogP contribution in [0.5, 0.6) is 5.75 Å². The van der Waals surface area contributed by atoms with Gasteiger partial charge in [0, 0.05) is 10.6 Å². The summed E-state index contributed by atoms with van der Waals surface area (Å²) in [4.78, 5) is 22.5. The summed E-state index contributed by atoms with van der Waals surface area (Å²) >= 11 is 0.362. The molecule has 0 heterocycles. The summed E-state index contributed by atoms with van der Waals surface area (Å²) in [5, 5.41) is 22.9. The van der Waals surface area contributed by atoms with Crippen LogP contribution in [0.15, 0.2) is 47.4 Å². The second kappa shape index (κ2) is 7.05. The molecule has 0 spiro atoms. The lowest BCUT2D eigenvalue weighted by Gasteiger charge is -2.07. The van der Waals surface area contributed by atoms with Crippen molar-refractivity contribution in [2.75, 3.05) is 5.32 Å². The number of amides is 1. The minimum Gasteiger partial charge on any atom is -0.502 e. The number of phenolic OH excluding ortho intramolecular Hbond substituents is 1. The average molecular weight is 340 g/mol. The third-order valence-electron chi connectivity index (χ3n) is 2.78. The highest BCUT2D eigenvalue weighted by molar-refractivity contribution is 7.99. The Balaban J connectivity index is 2.20. The van der Waals surface area contributed by atoms with Gasteiger partial charge in [0.15, 0.2) is 5.75 Å². The fourth-order valence-corrected chi connectivity index (χ4v) is 2.32. The van der Waals surface area contributed by atoms with Crippen LogP contribution < -0.4 is 5.32 Å². The summed E-state index contributed by atoms with van der Waals surface area (Å²) in [6.45, 7) is 0. The number of nitro benzene ring substituents is 1. The van der Waals surface area contributed by atoms with Crippen molar-refractivity contribution in [2.45, 2.75) is 10.7 Å². The second-order valence-corrected chi connectivity index (χ2v) is 5.35. The summed E-state index contributed by atoms with van der Waals surface area (Å²) in [6, 6.07) is 9.19. The smallest absolute Gasteiger partial charge is 0.323 e. The number of hydrogen-bond donors (Lipinski definition) is 2. The number of anilines is 1. The van der Waals surface area contributed by atoms with Gasteiger partial charge in [-0.15, -0.1) is 0 Å². The largest absolute Gasteiger partial charge is 0.502 e. The second-order valence-electron chi connectivity index (χ2n) is 4.29. The molecule has 0 aliphatic rings. The molecule has 0 saturated heterocycles. The molecule has 0 bridgehead atoms. The van der Waals surface area contributed by atoms with Crippen LogP contribution in [-0.4, -0.2) is 21.7 Å². The first-order chi connectivity index (χ1) is 10.9. The number of phenols is 1. The number of alkyl halides is 2. The highest BCUT2D eigenvalue weighted by Gasteiger charge is 2.24. The fourth-order valence-electron chi connectivity index (χ4n) is 1.82. The van der Waals surface area contributed by atoms with E-state index in [1.165, 1.54) is 36.4 Å². The molecule has 0 radical (unpaired) electrons. The SMILES string of the molecule is O=C(Nc1ccc(SC(F)F)cc1)c1cccc(O)c1[N+](=O)[O-]. The van der Waals surface area contributed by atoms with Gasteiger partial charge in [0.1, 0.15) is 5.56 Å². The molecule has 23 heavy (non-hydrogen) atoms. The van der Waals surface area contributed by atoms with Crippen LogP contribution in [0.4, 0.5) is 20.2 Å². The van der Waals surface area contributed by atoms with Gasteiger partial charge in [-0.3, -0.25) is 14.9 Å². The molecule has 9 heteroatoms. The number of benzene rings is 2. The zero-order valence-electron chi connectivity index (χ0n) is 11.4. The molecule has 0 fully saturated rings. The van der Waals surface area contributed by atoms with E-state index in [0.29, 0.717) is 16.7 Å². The molecule has 0 saturated carbocycles. The van der Waals surface area contributed by atoms with E-state index in [4.69, 9.17) is 0 Å². The lowest BCUT2D eigenvalue weighted by atomic mass is 10.1. The zero-order chi connectivity index (χ0) is 17.0. The number of aromatic hydroxyl groups is 1. The number of halogens is 2. The van der Waals surface area contributed by atoms with Crippen LogP contribution in [0.3, 0.4) is 0 Å². The molecule has 2 aromatic carbocycles. The summed E-state index contributed by atoms with van der Waals surface area (Å²) < 4.78 is 24.4. The molecular weight excluding hydrogens is 330 g/mol. The van der Waals surface area contributed by atoms with Gasteiger partial charge >= 0.3 is 5.69 Å². The fraction of sp³-hybridized carbons (Fsp3) is 0.0714. The highest BCUT2D eigenvalue weighted by atomic mass is 32.2. The third-order valence-corrected chi connectivity index (χ3v) is 3.50. The summed E-state index contributed by atoms with van der Waals surface area (Å²) in [7, 11) is 0. The van der Waals surface area contributed by atoms with Crippen LogP contribution in [0, 0.1) is 10.1 Å². The lowest BCUT2D eigenvalue weighted by Crippen LogP contribution is -2.13. The van der Waals surface area contributed by atoms with Crippen molar-refractivity contribution in [2.24, 2.45) is 0 Å². The average Bonchev–Trinajstić information content (AvgIpc) is 2.48. The molecule has 0 unspecified atom stereocenters. The van der Waals surface area contributed by atoms with Gasteiger partial charge < -0.3 is 10.4 Å². The molecule has 0 atom stereocenters. The molecule has 2 aromatic rings. The molecule has 0 aliphatic carbocycles. The van der Waals surface area contributed by atoms with Crippen LogP contribution in [0.25, 0.3) is 0 Å². The van der Waals surface area contributed by atoms with Crippen molar-refractivity contribution in [3.05, 3.63) is 58.1 Å². The normalized spacial score (nSPS) is 10.6. The molecule has 0 aliphatic heterocycles. The van der Waals surface area contributed by atoms with Crippen molar-refractivity contribution in [1.29, 1.82) is 0 Å². The van der Waals surface area contributed by atoms with E-state index in [1.54, 1.807) is 0 Å². The summed E-state index contributed by atoms with van der Waals surface area (Å²) in [5.41, 5.74) is -0.720. The number of hydrogen-bond acceptors (Lipinski definition) is 5. The van der Waals surface area contributed by atoms with Gasteiger partial charge in [-0.25, -0.2) is 0 Å². The molecule has 0 aromatic heterocycles. The number of carbonyl (C=O) groups excluding carboxylic acids is 1. The first-order valence-electron chi connectivity index (χ1n) is 6.21. The van der Waals surface area contributed by atoms with Crippen molar-refractivity contribution < 1.29 is 23.6 Å². The van der Waals surface area contributed by atoms with Gasteiger partial charge in [-0.05, 0) is 36.4 Å².